The molecule has 2 fully saturated rings. The molecule has 26 heavy (non-hydrogen) atoms. The number of piperidine rings is 1. The molecule has 144 valence electrons. The summed E-state index contributed by atoms with van der Waals surface area (Å²) in [5.74, 6) is 2.11. The van der Waals surface area contributed by atoms with E-state index in [1.165, 1.54) is 19.5 Å². The first-order chi connectivity index (χ1) is 12.6. The summed E-state index contributed by atoms with van der Waals surface area (Å²) in [6, 6.07) is 0. The fraction of sp³-hybridized carbons (Fsp3) is 0.737. The summed E-state index contributed by atoms with van der Waals surface area (Å²) in [6.45, 7) is 11.7. The summed E-state index contributed by atoms with van der Waals surface area (Å²) >= 11 is 0. The zero-order valence-corrected chi connectivity index (χ0v) is 16.0. The van der Waals surface area contributed by atoms with E-state index in [0.717, 1.165) is 37.9 Å². The average molecular weight is 361 g/mol. The highest BCUT2D eigenvalue weighted by Gasteiger charge is 2.21. The van der Waals surface area contributed by atoms with Gasteiger partial charge in [-0.2, -0.15) is 0 Å². The van der Waals surface area contributed by atoms with Crippen LogP contribution in [0, 0.1) is 11.8 Å². The van der Waals surface area contributed by atoms with Crippen molar-refractivity contribution in [3.05, 3.63) is 18.0 Å². The van der Waals surface area contributed by atoms with Gasteiger partial charge in [-0.05, 0) is 31.2 Å². The van der Waals surface area contributed by atoms with Gasteiger partial charge in [-0.25, -0.2) is 9.97 Å². The van der Waals surface area contributed by atoms with Crippen molar-refractivity contribution in [1.29, 1.82) is 0 Å². The van der Waals surface area contributed by atoms with Crippen LogP contribution >= 0.6 is 0 Å². The van der Waals surface area contributed by atoms with E-state index in [1.807, 2.05) is 0 Å². The highest BCUT2D eigenvalue weighted by atomic mass is 16.5. The summed E-state index contributed by atoms with van der Waals surface area (Å²) in [5.41, 5.74) is 0.516. The van der Waals surface area contributed by atoms with Gasteiger partial charge in [0.25, 0.3) is 5.91 Å². The first-order valence-corrected chi connectivity index (χ1v) is 9.77. The Morgan fingerprint density at radius 2 is 1.85 bits per heavy atom. The number of nitrogens with zero attached hydrogens (tertiary/aromatic N) is 4. The monoisotopic (exact) mass is 361 g/mol. The summed E-state index contributed by atoms with van der Waals surface area (Å²) < 4.78 is 5.33. The third-order valence-corrected chi connectivity index (χ3v) is 5.08. The first kappa shape index (κ1) is 19.0. The SMILES string of the molecule is C[C@@H]1C[C@@H](C)CN(CCCNC(=O)c2cnc(N3CCOCC3)nc2)C1. The van der Waals surface area contributed by atoms with E-state index in [0.29, 0.717) is 31.3 Å². The topological polar surface area (TPSA) is 70.6 Å². The van der Waals surface area contributed by atoms with Crippen molar-refractivity contribution >= 4 is 11.9 Å². The lowest BCUT2D eigenvalue weighted by atomic mass is 9.92. The van der Waals surface area contributed by atoms with E-state index >= 15 is 0 Å². The van der Waals surface area contributed by atoms with Gasteiger partial charge < -0.3 is 19.9 Å². The summed E-state index contributed by atoms with van der Waals surface area (Å²) in [5, 5.41) is 2.98. The molecule has 2 aliphatic rings. The Bertz CT molecular complexity index is 564. The van der Waals surface area contributed by atoms with Crippen LogP contribution in [0.5, 0.6) is 0 Å². The maximum atomic E-state index is 12.2. The molecular weight excluding hydrogens is 330 g/mol. The molecule has 2 saturated heterocycles. The molecule has 2 atom stereocenters. The number of hydrogen-bond acceptors (Lipinski definition) is 6. The van der Waals surface area contributed by atoms with Gasteiger partial charge in [0, 0.05) is 45.1 Å². The average Bonchev–Trinajstić information content (AvgIpc) is 2.65. The van der Waals surface area contributed by atoms with Crippen LogP contribution in [-0.4, -0.2) is 73.3 Å². The maximum absolute atomic E-state index is 12.2. The van der Waals surface area contributed by atoms with Crippen LogP contribution in [0.15, 0.2) is 12.4 Å². The second-order valence-corrected chi connectivity index (χ2v) is 7.69. The quantitative estimate of drug-likeness (QED) is 0.773. The molecule has 7 nitrogen and oxygen atoms in total. The number of likely N-dealkylation sites (tertiary alicyclic amines) is 1. The zero-order valence-electron chi connectivity index (χ0n) is 16.0. The van der Waals surface area contributed by atoms with Gasteiger partial charge >= 0.3 is 0 Å². The Hall–Kier alpha value is -1.73. The predicted molar refractivity (Wildman–Crippen MR) is 101 cm³/mol. The second kappa shape index (κ2) is 9.28. The van der Waals surface area contributed by atoms with Gasteiger partial charge in [0.1, 0.15) is 0 Å². The van der Waals surface area contributed by atoms with Crippen LogP contribution < -0.4 is 10.2 Å². The number of nitrogens with one attached hydrogen (secondary N) is 1. The van der Waals surface area contributed by atoms with E-state index in [1.54, 1.807) is 12.4 Å². The highest BCUT2D eigenvalue weighted by Crippen LogP contribution is 2.20. The summed E-state index contributed by atoms with van der Waals surface area (Å²) in [7, 11) is 0. The van der Waals surface area contributed by atoms with E-state index < -0.39 is 0 Å². The van der Waals surface area contributed by atoms with E-state index in [-0.39, 0.29) is 5.91 Å². The molecule has 2 aliphatic heterocycles. The predicted octanol–water partition coefficient (Wildman–Crippen LogP) is 1.41. The largest absolute Gasteiger partial charge is 0.378 e. The second-order valence-electron chi connectivity index (χ2n) is 7.69. The Kier molecular flexibility index (Phi) is 6.80. The van der Waals surface area contributed by atoms with Crippen molar-refractivity contribution in [2.45, 2.75) is 26.7 Å². The lowest BCUT2D eigenvalue weighted by Crippen LogP contribution is -2.40. The molecule has 0 aromatic carbocycles. The standard InChI is InChI=1S/C19H31N5O2/c1-15-10-16(2)14-23(13-15)5-3-4-20-18(25)17-11-21-19(22-12-17)24-6-8-26-9-7-24/h11-12,15-16H,3-10,13-14H2,1-2H3,(H,20,25)/t15-,16-/m1/s1. The number of anilines is 1. The van der Waals surface area contributed by atoms with Crippen LogP contribution in [0.1, 0.15) is 37.0 Å². The molecule has 3 heterocycles. The van der Waals surface area contributed by atoms with Gasteiger partial charge in [-0.15, -0.1) is 0 Å². The lowest BCUT2D eigenvalue weighted by molar-refractivity contribution is 0.0946. The smallest absolute Gasteiger partial charge is 0.254 e. The van der Waals surface area contributed by atoms with E-state index in [2.05, 4.69) is 38.9 Å². The van der Waals surface area contributed by atoms with E-state index in [4.69, 9.17) is 4.74 Å². The minimum absolute atomic E-state index is 0.0982. The maximum Gasteiger partial charge on any atom is 0.254 e. The highest BCUT2D eigenvalue weighted by molar-refractivity contribution is 5.93. The Morgan fingerprint density at radius 3 is 2.50 bits per heavy atom. The van der Waals surface area contributed by atoms with Crippen molar-refractivity contribution < 1.29 is 9.53 Å². The zero-order chi connectivity index (χ0) is 18.4. The third kappa shape index (κ3) is 5.38. The molecule has 0 saturated carbocycles. The number of hydrogen-bond donors (Lipinski definition) is 1. The number of carbonyl (C=O) groups excluding carboxylic acids is 1. The number of carbonyl (C=O) groups is 1. The molecule has 0 bridgehead atoms. The van der Waals surface area contributed by atoms with Gasteiger partial charge in [0.05, 0.1) is 18.8 Å². The van der Waals surface area contributed by atoms with Crippen molar-refractivity contribution in [3.8, 4) is 0 Å². The number of amides is 1. The molecule has 1 N–H and O–H groups in total. The van der Waals surface area contributed by atoms with E-state index in [9.17, 15) is 4.79 Å². The van der Waals surface area contributed by atoms with Gasteiger partial charge in [0.2, 0.25) is 5.95 Å². The van der Waals surface area contributed by atoms with Crippen LogP contribution in [0.4, 0.5) is 5.95 Å². The molecule has 0 aliphatic carbocycles. The summed E-state index contributed by atoms with van der Waals surface area (Å²) in [6.07, 6.45) is 5.52. The normalized spacial score (nSPS) is 24.5. The van der Waals surface area contributed by atoms with Crippen molar-refractivity contribution in [2.24, 2.45) is 11.8 Å². The van der Waals surface area contributed by atoms with Crippen LogP contribution in [-0.2, 0) is 4.74 Å². The number of aromatic nitrogens is 2. The van der Waals surface area contributed by atoms with Gasteiger partial charge in [0.15, 0.2) is 0 Å². The molecular formula is C19H31N5O2. The molecule has 3 rings (SSSR count). The number of morpholine rings is 1. The third-order valence-electron chi connectivity index (χ3n) is 5.08. The fourth-order valence-corrected chi connectivity index (χ4v) is 3.95. The molecule has 7 heteroatoms. The molecule has 0 radical (unpaired) electrons. The molecule has 1 aromatic rings. The minimum atomic E-state index is -0.0982. The Balaban J connectivity index is 1.39. The van der Waals surface area contributed by atoms with Crippen LogP contribution in [0.25, 0.3) is 0 Å². The van der Waals surface area contributed by atoms with Gasteiger partial charge in [-0.3, -0.25) is 4.79 Å². The van der Waals surface area contributed by atoms with Crippen molar-refractivity contribution in [2.75, 3.05) is 57.4 Å². The van der Waals surface area contributed by atoms with Crippen molar-refractivity contribution in [1.82, 2.24) is 20.2 Å². The molecule has 1 amide bonds. The van der Waals surface area contributed by atoms with Crippen LogP contribution in [0.2, 0.25) is 0 Å². The summed E-state index contributed by atoms with van der Waals surface area (Å²) in [4.78, 5) is 25.5. The molecule has 0 unspecified atom stereocenters. The fourth-order valence-electron chi connectivity index (χ4n) is 3.95. The molecule has 1 aromatic heterocycles. The first-order valence-electron chi connectivity index (χ1n) is 9.77. The molecule has 0 spiro atoms. The number of rotatable bonds is 6. The number of ether oxygens (including phenoxy) is 1. The van der Waals surface area contributed by atoms with Crippen molar-refractivity contribution in [3.63, 3.8) is 0 Å². The van der Waals surface area contributed by atoms with Gasteiger partial charge in [-0.1, -0.05) is 13.8 Å². The Morgan fingerprint density at radius 1 is 1.19 bits per heavy atom. The lowest BCUT2D eigenvalue weighted by Gasteiger charge is -2.34. The minimum Gasteiger partial charge on any atom is -0.378 e. The Labute approximate surface area is 156 Å². The van der Waals surface area contributed by atoms with Crippen LogP contribution in [0.3, 0.4) is 0 Å².